The van der Waals surface area contributed by atoms with Gasteiger partial charge in [0.2, 0.25) is 0 Å². The molecule has 3 heteroatoms. The molecule has 0 amide bonds. The minimum Gasteiger partial charge on any atom is -0.490 e. The quantitative estimate of drug-likeness (QED) is 0.857. The minimum atomic E-state index is -0.543. The average molecular weight is 227 g/mol. The number of hydrogen-bond acceptors (Lipinski definition) is 2. The van der Waals surface area contributed by atoms with Crippen LogP contribution in [0, 0.1) is 0 Å². The number of hydrogen-bond donors (Lipinski definition) is 1. The zero-order valence-electron chi connectivity index (χ0n) is 8.74. The SMILES string of the molecule is CC(O)c1cc(Cl)ccc1OC1CCC1. The summed E-state index contributed by atoms with van der Waals surface area (Å²) in [5.41, 5.74) is 0.773. The van der Waals surface area contributed by atoms with E-state index in [9.17, 15) is 5.11 Å². The summed E-state index contributed by atoms with van der Waals surface area (Å²) in [4.78, 5) is 0. The van der Waals surface area contributed by atoms with Gasteiger partial charge in [0.05, 0.1) is 12.2 Å². The molecule has 2 rings (SSSR count). The molecule has 0 aliphatic heterocycles. The van der Waals surface area contributed by atoms with Crippen molar-refractivity contribution in [2.45, 2.75) is 38.4 Å². The number of rotatable bonds is 3. The van der Waals surface area contributed by atoms with Crippen molar-refractivity contribution < 1.29 is 9.84 Å². The first kappa shape index (κ1) is 10.8. The Labute approximate surface area is 94.8 Å². The third-order valence-corrected chi connectivity index (χ3v) is 3.00. The lowest BCUT2D eigenvalue weighted by Crippen LogP contribution is -2.25. The van der Waals surface area contributed by atoms with E-state index in [1.807, 2.05) is 6.07 Å². The van der Waals surface area contributed by atoms with E-state index >= 15 is 0 Å². The first-order valence-corrected chi connectivity index (χ1v) is 5.69. The maximum atomic E-state index is 9.59. The molecule has 1 aliphatic rings. The summed E-state index contributed by atoms with van der Waals surface area (Å²) >= 11 is 5.88. The zero-order valence-corrected chi connectivity index (χ0v) is 9.50. The van der Waals surface area contributed by atoms with Crippen LogP contribution in [0.3, 0.4) is 0 Å². The van der Waals surface area contributed by atoms with Gasteiger partial charge in [0, 0.05) is 10.6 Å². The summed E-state index contributed by atoms with van der Waals surface area (Å²) in [6, 6.07) is 5.39. The van der Waals surface area contributed by atoms with Crippen LogP contribution in [0.25, 0.3) is 0 Å². The van der Waals surface area contributed by atoms with Gasteiger partial charge in [0.15, 0.2) is 0 Å². The third-order valence-electron chi connectivity index (χ3n) is 2.77. The van der Waals surface area contributed by atoms with Crippen molar-refractivity contribution in [2.75, 3.05) is 0 Å². The van der Waals surface area contributed by atoms with Gasteiger partial charge in [-0.3, -0.25) is 0 Å². The maximum absolute atomic E-state index is 9.59. The molecule has 0 bridgehead atoms. The Bertz CT molecular complexity index is 345. The van der Waals surface area contributed by atoms with Crippen molar-refractivity contribution >= 4 is 11.6 Å². The number of aliphatic hydroxyl groups excluding tert-OH is 1. The summed E-state index contributed by atoms with van der Waals surface area (Å²) < 4.78 is 5.78. The van der Waals surface area contributed by atoms with Crippen molar-refractivity contribution in [3.63, 3.8) is 0 Å². The molecule has 1 fully saturated rings. The number of halogens is 1. The Morgan fingerprint density at radius 2 is 2.20 bits per heavy atom. The van der Waals surface area contributed by atoms with E-state index in [4.69, 9.17) is 16.3 Å². The largest absolute Gasteiger partial charge is 0.490 e. The van der Waals surface area contributed by atoms with Crippen molar-refractivity contribution in [1.29, 1.82) is 0 Å². The predicted octanol–water partition coefficient (Wildman–Crippen LogP) is 3.32. The van der Waals surface area contributed by atoms with Gasteiger partial charge in [-0.15, -0.1) is 0 Å². The summed E-state index contributed by atoms with van der Waals surface area (Å²) in [6.45, 7) is 1.72. The van der Waals surface area contributed by atoms with Gasteiger partial charge in [-0.05, 0) is 44.4 Å². The van der Waals surface area contributed by atoms with Crippen LogP contribution in [0.2, 0.25) is 5.02 Å². The molecule has 0 saturated heterocycles. The summed E-state index contributed by atoms with van der Waals surface area (Å²) in [6.07, 6.45) is 3.24. The molecule has 1 unspecified atom stereocenters. The molecule has 1 saturated carbocycles. The van der Waals surface area contributed by atoms with E-state index in [2.05, 4.69) is 0 Å². The van der Waals surface area contributed by atoms with Crippen LogP contribution in [0.15, 0.2) is 18.2 Å². The molecule has 2 nitrogen and oxygen atoms in total. The smallest absolute Gasteiger partial charge is 0.125 e. The molecule has 0 aromatic heterocycles. The molecule has 15 heavy (non-hydrogen) atoms. The highest BCUT2D eigenvalue weighted by Crippen LogP contribution is 2.32. The first-order chi connectivity index (χ1) is 7.16. The first-order valence-electron chi connectivity index (χ1n) is 5.31. The second-order valence-electron chi connectivity index (χ2n) is 4.03. The van der Waals surface area contributed by atoms with E-state index in [-0.39, 0.29) is 0 Å². The lowest BCUT2D eigenvalue weighted by Gasteiger charge is -2.28. The fourth-order valence-corrected chi connectivity index (χ4v) is 1.80. The van der Waals surface area contributed by atoms with Gasteiger partial charge in [0.1, 0.15) is 5.75 Å². The van der Waals surface area contributed by atoms with E-state index in [1.165, 1.54) is 6.42 Å². The van der Waals surface area contributed by atoms with E-state index in [0.717, 1.165) is 24.2 Å². The lowest BCUT2D eigenvalue weighted by atomic mass is 9.96. The molecule has 1 aliphatic carbocycles. The van der Waals surface area contributed by atoms with Crippen LogP contribution in [0.1, 0.15) is 37.9 Å². The monoisotopic (exact) mass is 226 g/mol. The third kappa shape index (κ3) is 2.44. The molecular weight excluding hydrogens is 212 g/mol. The van der Waals surface area contributed by atoms with Gasteiger partial charge in [0.25, 0.3) is 0 Å². The van der Waals surface area contributed by atoms with E-state index in [0.29, 0.717) is 11.1 Å². The van der Waals surface area contributed by atoms with Crippen molar-refractivity contribution in [3.8, 4) is 5.75 Å². The van der Waals surface area contributed by atoms with Crippen molar-refractivity contribution in [3.05, 3.63) is 28.8 Å². The molecular formula is C12H15ClO2. The van der Waals surface area contributed by atoms with Gasteiger partial charge >= 0.3 is 0 Å². The summed E-state index contributed by atoms with van der Waals surface area (Å²) in [5, 5.41) is 10.2. The van der Waals surface area contributed by atoms with Crippen LogP contribution in [0.4, 0.5) is 0 Å². The van der Waals surface area contributed by atoms with E-state index < -0.39 is 6.10 Å². The Morgan fingerprint density at radius 1 is 1.47 bits per heavy atom. The van der Waals surface area contributed by atoms with Crippen molar-refractivity contribution in [2.24, 2.45) is 0 Å². The molecule has 1 atom stereocenters. The molecule has 1 N–H and O–H groups in total. The Morgan fingerprint density at radius 3 is 2.73 bits per heavy atom. The average Bonchev–Trinajstić information content (AvgIpc) is 2.12. The topological polar surface area (TPSA) is 29.5 Å². The highest BCUT2D eigenvalue weighted by atomic mass is 35.5. The highest BCUT2D eigenvalue weighted by molar-refractivity contribution is 6.30. The standard InChI is InChI=1S/C12H15ClO2/c1-8(14)11-7-9(13)5-6-12(11)15-10-3-2-4-10/h5-8,10,14H,2-4H2,1H3. The Hall–Kier alpha value is -0.730. The van der Waals surface area contributed by atoms with Crippen LogP contribution in [-0.4, -0.2) is 11.2 Å². The van der Waals surface area contributed by atoms with Crippen molar-refractivity contribution in [1.82, 2.24) is 0 Å². The van der Waals surface area contributed by atoms with Gasteiger partial charge in [-0.1, -0.05) is 11.6 Å². The Balaban J connectivity index is 2.20. The molecule has 1 aromatic carbocycles. The number of benzene rings is 1. The van der Waals surface area contributed by atoms with Crippen LogP contribution >= 0.6 is 11.6 Å². The van der Waals surface area contributed by atoms with E-state index in [1.54, 1.807) is 19.1 Å². The van der Waals surface area contributed by atoms with Gasteiger partial charge in [-0.2, -0.15) is 0 Å². The molecule has 82 valence electrons. The fraction of sp³-hybridized carbons (Fsp3) is 0.500. The molecule has 1 aromatic rings. The second kappa shape index (κ2) is 4.42. The zero-order chi connectivity index (χ0) is 10.8. The summed E-state index contributed by atoms with van der Waals surface area (Å²) in [7, 11) is 0. The van der Waals surface area contributed by atoms with Crippen LogP contribution in [0.5, 0.6) is 5.75 Å². The molecule has 0 heterocycles. The second-order valence-corrected chi connectivity index (χ2v) is 4.47. The van der Waals surface area contributed by atoms with Crippen LogP contribution < -0.4 is 4.74 Å². The lowest BCUT2D eigenvalue weighted by molar-refractivity contribution is 0.112. The van der Waals surface area contributed by atoms with Gasteiger partial charge < -0.3 is 9.84 Å². The van der Waals surface area contributed by atoms with Gasteiger partial charge in [-0.25, -0.2) is 0 Å². The van der Waals surface area contributed by atoms with Crippen LogP contribution in [-0.2, 0) is 0 Å². The normalized spacial score (nSPS) is 18.3. The molecule has 0 radical (unpaired) electrons. The summed E-state index contributed by atoms with van der Waals surface area (Å²) in [5.74, 6) is 0.763. The highest BCUT2D eigenvalue weighted by Gasteiger charge is 2.21. The maximum Gasteiger partial charge on any atom is 0.125 e. The number of ether oxygens (including phenoxy) is 1. The minimum absolute atomic E-state index is 0.323. The Kier molecular flexibility index (Phi) is 3.17. The fourth-order valence-electron chi connectivity index (χ4n) is 1.62. The predicted molar refractivity (Wildman–Crippen MR) is 60.4 cm³/mol. The number of aliphatic hydroxyl groups is 1. The molecule has 0 spiro atoms.